The summed E-state index contributed by atoms with van der Waals surface area (Å²) in [6.45, 7) is 3.83. The van der Waals surface area contributed by atoms with Crippen LogP contribution in [0.15, 0.2) is 12.2 Å². The van der Waals surface area contributed by atoms with E-state index >= 15 is 0 Å². The Morgan fingerprint density at radius 2 is 1.20 bits per heavy atom. The number of hydrogen-bond acceptors (Lipinski definition) is 2. The molecule has 0 aromatic carbocycles. The molecule has 0 aliphatic carbocycles. The van der Waals surface area contributed by atoms with Gasteiger partial charge in [0.1, 0.15) is 0 Å². The molecule has 15 heavy (non-hydrogen) atoms. The summed E-state index contributed by atoms with van der Waals surface area (Å²) in [5.41, 5.74) is 1.02. The topological polar surface area (TPSA) is 74.6 Å². The van der Waals surface area contributed by atoms with Gasteiger partial charge in [-0.2, -0.15) is 0 Å². The summed E-state index contributed by atoms with van der Waals surface area (Å²) in [4.78, 5) is 20.4. The summed E-state index contributed by atoms with van der Waals surface area (Å²) < 4.78 is 0. The number of hydrogen-bond donors (Lipinski definition) is 2. The van der Waals surface area contributed by atoms with Crippen molar-refractivity contribution in [3.8, 4) is 0 Å². The number of aliphatic carboxylic acids is 2. The lowest BCUT2D eigenvalue weighted by Gasteiger charge is -2.03. The SMILES string of the molecule is C=C(CCCCC(=O)O)CCCC(=O)O. The highest BCUT2D eigenvalue weighted by atomic mass is 16.4. The maximum atomic E-state index is 10.2. The summed E-state index contributed by atoms with van der Waals surface area (Å²) >= 11 is 0. The molecule has 0 rings (SSSR count). The highest BCUT2D eigenvalue weighted by molar-refractivity contribution is 5.66. The number of carbonyl (C=O) groups is 2. The van der Waals surface area contributed by atoms with E-state index in [0.717, 1.165) is 24.8 Å². The highest BCUT2D eigenvalue weighted by Crippen LogP contribution is 2.13. The Kier molecular flexibility index (Phi) is 7.32. The van der Waals surface area contributed by atoms with Crippen LogP contribution in [0.3, 0.4) is 0 Å². The minimum atomic E-state index is -0.784. The van der Waals surface area contributed by atoms with Gasteiger partial charge in [-0.1, -0.05) is 12.2 Å². The van der Waals surface area contributed by atoms with Crippen molar-refractivity contribution in [3.63, 3.8) is 0 Å². The molecule has 4 nitrogen and oxygen atoms in total. The molecule has 0 aliphatic heterocycles. The van der Waals surface area contributed by atoms with E-state index in [1.54, 1.807) is 0 Å². The van der Waals surface area contributed by atoms with Gasteiger partial charge in [0.25, 0.3) is 0 Å². The van der Waals surface area contributed by atoms with Gasteiger partial charge in [0, 0.05) is 12.8 Å². The molecule has 0 atom stereocenters. The fourth-order valence-corrected chi connectivity index (χ4v) is 1.27. The highest BCUT2D eigenvalue weighted by Gasteiger charge is 2.01. The number of carboxylic acid groups (broad SMARTS) is 2. The van der Waals surface area contributed by atoms with E-state index in [1.807, 2.05) is 0 Å². The van der Waals surface area contributed by atoms with E-state index in [9.17, 15) is 9.59 Å². The molecule has 0 spiro atoms. The lowest BCUT2D eigenvalue weighted by molar-refractivity contribution is -0.138. The Labute approximate surface area is 89.6 Å². The van der Waals surface area contributed by atoms with E-state index < -0.39 is 11.9 Å². The van der Waals surface area contributed by atoms with Crippen molar-refractivity contribution in [2.24, 2.45) is 0 Å². The molecule has 0 bridgehead atoms. The monoisotopic (exact) mass is 214 g/mol. The van der Waals surface area contributed by atoms with Crippen LogP contribution in [0.2, 0.25) is 0 Å². The van der Waals surface area contributed by atoms with Gasteiger partial charge in [-0.3, -0.25) is 9.59 Å². The molecular weight excluding hydrogens is 196 g/mol. The van der Waals surface area contributed by atoms with Crippen molar-refractivity contribution in [1.82, 2.24) is 0 Å². The zero-order valence-electron chi connectivity index (χ0n) is 8.87. The number of unbranched alkanes of at least 4 members (excludes halogenated alkanes) is 1. The number of rotatable bonds is 9. The van der Waals surface area contributed by atoms with Crippen LogP contribution < -0.4 is 0 Å². The Hall–Kier alpha value is -1.32. The third-order valence-electron chi connectivity index (χ3n) is 2.09. The first kappa shape index (κ1) is 13.7. The van der Waals surface area contributed by atoms with Gasteiger partial charge in [-0.05, 0) is 32.1 Å². The van der Waals surface area contributed by atoms with Gasteiger partial charge >= 0.3 is 11.9 Å². The minimum absolute atomic E-state index is 0.175. The van der Waals surface area contributed by atoms with Gasteiger partial charge in [0.2, 0.25) is 0 Å². The summed E-state index contributed by atoms with van der Waals surface area (Å²) in [5, 5.41) is 16.8. The van der Waals surface area contributed by atoms with Crippen molar-refractivity contribution in [1.29, 1.82) is 0 Å². The molecule has 0 aliphatic rings. The Morgan fingerprint density at radius 3 is 1.73 bits per heavy atom. The number of allylic oxidation sites excluding steroid dienone is 1. The van der Waals surface area contributed by atoms with Crippen LogP contribution in [0.4, 0.5) is 0 Å². The largest absolute Gasteiger partial charge is 0.481 e. The molecule has 86 valence electrons. The van der Waals surface area contributed by atoms with Gasteiger partial charge in [-0.15, -0.1) is 0 Å². The normalized spacial score (nSPS) is 9.87. The average Bonchev–Trinajstić information content (AvgIpc) is 2.11. The van der Waals surface area contributed by atoms with Crippen LogP contribution in [0.5, 0.6) is 0 Å². The second kappa shape index (κ2) is 8.03. The molecule has 0 fully saturated rings. The standard InChI is InChI=1S/C11H18O4/c1-9(6-4-8-11(14)15)5-2-3-7-10(12)13/h1-8H2,(H,12,13)(H,14,15). The van der Waals surface area contributed by atoms with Gasteiger partial charge < -0.3 is 10.2 Å². The molecule has 2 N–H and O–H groups in total. The van der Waals surface area contributed by atoms with Crippen LogP contribution in [0.1, 0.15) is 44.9 Å². The first-order chi connectivity index (χ1) is 7.02. The summed E-state index contributed by atoms with van der Waals surface area (Å²) in [5.74, 6) is -1.56. The Morgan fingerprint density at radius 1 is 0.800 bits per heavy atom. The van der Waals surface area contributed by atoms with Crippen molar-refractivity contribution in [2.45, 2.75) is 44.9 Å². The van der Waals surface area contributed by atoms with Crippen molar-refractivity contribution in [3.05, 3.63) is 12.2 Å². The first-order valence-electron chi connectivity index (χ1n) is 5.12. The molecule has 0 unspecified atom stereocenters. The third-order valence-corrected chi connectivity index (χ3v) is 2.09. The van der Waals surface area contributed by atoms with Crippen LogP contribution in [0.25, 0.3) is 0 Å². The quantitative estimate of drug-likeness (QED) is 0.456. The van der Waals surface area contributed by atoms with E-state index in [2.05, 4.69) is 6.58 Å². The molecule has 0 amide bonds. The minimum Gasteiger partial charge on any atom is -0.481 e. The summed E-state index contributed by atoms with van der Waals surface area (Å²) in [7, 11) is 0. The maximum absolute atomic E-state index is 10.2. The van der Waals surface area contributed by atoms with Gasteiger partial charge in [-0.25, -0.2) is 0 Å². The van der Waals surface area contributed by atoms with E-state index in [1.165, 1.54) is 0 Å². The van der Waals surface area contributed by atoms with E-state index in [-0.39, 0.29) is 12.8 Å². The van der Waals surface area contributed by atoms with Crippen LogP contribution in [-0.4, -0.2) is 22.2 Å². The fraction of sp³-hybridized carbons (Fsp3) is 0.636. The zero-order valence-corrected chi connectivity index (χ0v) is 8.87. The van der Waals surface area contributed by atoms with E-state index in [4.69, 9.17) is 10.2 Å². The average molecular weight is 214 g/mol. The van der Waals surface area contributed by atoms with Gasteiger partial charge in [0.05, 0.1) is 0 Å². The van der Waals surface area contributed by atoms with Gasteiger partial charge in [0.15, 0.2) is 0 Å². The lowest BCUT2D eigenvalue weighted by atomic mass is 10.0. The van der Waals surface area contributed by atoms with Crippen LogP contribution in [-0.2, 0) is 9.59 Å². The second-order valence-corrected chi connectivity index (χ2v) is 3.60. The third kappa shape index (κ3) is 10.6. The fourth-order valence-electron chi connectivity index (χ4n) is 1.27. The smallest absolute Gasteiger partial charge is 0.303 e. The summed E-state index contributed by atoms with van der Waals surface area (Å²) in [6, 6.07) is 0. The Balaban J connectivity index is 3.33. The van der Waals surface area contributed by atoms with Crippen molar-refractivity contribution in [2.75, 3.05) is 0 Å². The second-order valence-electron chi connectivity index (χ2n) is 3.60. The predicted molar refractivity (Wildman–Crippen MR) is 56.7 cm³/mol. The first-order valence-corrected chi connectivity index (χ1v) is 5.12. The van der Waals surface area contributed by atoms with Crippen LogP contribution in [0, 0.1) is 0 Å². The molecule has 0 saturated carbocycles. The summed E-state index contributed by atoms with van der Waals surface area (Å²) in [6.07, 6.45) is 3.99. The molecule has 0 heterocycles. The Bertz CT molecular complexity index is 233. The number of carboxylic acids is 2. The molecule has 0 radical (unpaired) electrons. The predicted octanol–water partition coefficient (Wildman–Crippen LogP) is 2.44. The molecule has 0 saturated heterocycles. The lowest BCUT2D eigenvalue weighted by Crippen LogP contribution is -1.96. The van der Waals surface area contributed by atoms with Crippen molar-refractivity contribution < 1.29 is 19.8 Å². The maximum Gasteiger partial charge on any atom is 0.303 e. The van der Waals surface area contributed by atoms with Crippen molar-refractivity contribution >= 4 is 11.9 Å². The molecule has 0 aromatic heterocycles. The molecule has 0 aromatic rings. The molecular formula is C11H18O4. The van der Waals surface area contributed by atoms with Crippen LogP contribution >= 0.6 is 0 Å². The molecule has 4 heteroatoms. The van der Waals surface area contributed by atoms with E-state index in [0.29, 0.717) is 12.8 Å². The zero-order chi connectivity index (χ0) is 11.7.